The van der Waals surface area contributed by atoms with Crippen LogP contribution < -0.4 is 0 Å². The summed E-state index contributed by atoms with van der Waals surface area (Å²) < 4.78 is 2.05. The van der Waals surface area contributed by atoms with Crippen molar-refractivity contribution < 1.29 is 4.79 Å². The van der Waals surface area contributed by atoms with Gasteiger partial charge < -0.3 is 9.47 Å². The Morgan fingerprint density at radius 2 is 2.14 bits per heavy atom. The summed E-state index contributed by atoms with van der Waals surface area (Å²) in [6, 6.07) is 0.834. The minimum atomic E-state index is 0.189. The molecule has 1 aliphatic carbocycles. The number of imidazole rings is 1. The van der Waals surface area contributed by atoms with Crippen LogP contribution in [0, 0.1) is 0 Å². The third-order valence-electron chi connectivity index (χ3n) is 4.97. The maximum Gasteiger partial charge on any atom is 0.236 e. The molecular weight excluding hydrogens is 278 g/mol. The number of aryl methyl sites for hydroxylation is 1. The van der Waals surface area contributed by atoms with Crippen molar-refractivity contribution >= 4 is 5.91 Å². The van der Waals surface area contributed by atoms with E-state index in [0.29, 0.717) is 12.6 Å². The Morgan fingerprint density at radius 1 is 1.36 bits per heavy atom. The zero-order valence-corrected chi connectivity index (χ0v) is 13.9. The summed E-state index contributed by atoms with van der Waals surface area (Å²) >= 11 is 0. The molecule has 122 valence electrons. The van der Waals surface area contributed by atoms with Crippen molar-refractivity contribution in [3.8, 4) is 0 Å². The van der Waals surface area contributed by atoms with Crippen LogP contribution in [0.2, 0.25) is 0 Å². The Balaban J connectivity index is 1.64. The maximum absolute atomic E-state index is 12.6. The summed E-state index contributed by atoms with van der Waals surface area (Å²) in [6.45, 7) is 6.14. The van der Waals surface area contributed by atoms with Crippen molar-refractivity contribution in [2.75, 3.05) is 39.8 Å². The van der Waals surface area contributed by atoms with E-state index in [4.69, 9.17) is 0 Å². The van der Waals surface area contributed by atoms with E-state index in [1.807, 2.05) is 24.3 Å². The molecule has 3 rings (SSSR count). The van der Waals surface area contributed by atoms with Crippen molar-refractivity contribution in [1.29, 1.82) is 0 Å². The Labute approximate surface area is 132 Å². The molecule has 1 atom stereocenters. The van der Waals surface area contributed by atoms with Crippen LogP contribution in [0.5, 0.6) is 0 Å². The minimum absolute atomic E-state index is 0.189. The van der Waals surface area contributed by atoms with Crippen LogP contribution >= 0.6 is 0 Å². The van der Waals surface area contributed by atoms with E-state index in [-0.39, 0.29) is 11.9 Å². The first kappa shape index (κ1) is 15.5. The van der Waals surface area contributed by atoms with Gasteiger partial charge in [-0.3, -0.25) is 14.6 Å². The lowest BCUT2D eigenvalue weighted by atomic mass is 10.1. The van der Waals surface area contributed by atoms with Crippen molar-refractivity contribution in [1.82, 2.24) is 24.3 Å². The van der Waals surface area contributed by atoms with Crippen molar-refractivity contribution in [3.05, 3.63) is 18.2 Å². The minimum Gasteiger partial charge on any atom is -0.338 e. The summed E-state index contributed by atoms with van der Waals surface area (Å²) in [5, 5.41) is 0. The van der Waals surface area contributed by atoms with E-state index in [9.17, 15) is 4.79 Å². The average molecular weight is 305 g/mol. The van der Waals surface area contributed by atoms with Crippen LogP contribution in [0.1, 0.15) is 31.6 Å². The molecule has 0 spiro atoms. The van der Waals surface area contributed by atoms with Gasteiger partial charge in [-0.15, -0.1) is 0 Å². The number of rotatable bonds is 5. The number of hydrogen-bond acceptors (Lipinski definition) is 4. The molecule has 2 fully saturated rings. The van der Waals surface area contributed by atoms with E-state index in [2.05, 4.69) is 33.3 Å². The number of piperazine rings is 1. The molecule has 0 bridgehead atoms. The topological polar surface area (TPSA) is 44.6 Å². The number of carbonyl (C=O) groups is 1. The molecule has 0 unspecified atom stereocenters. The van der Waals surface area contributed by atoms with Gasteiger partial charge in [-0.1, -0.05) is 6.92 Å². The lowest BCUT2D eigenvalue weighted by Gasteiger charge is -2.39. The first-order valence-electron chi connectivity index (χ1n) is 8.29. The molecule has 22 heavy (non-hydrogen) atoms. The monoisotopic (exact) mass is 305 g/mol. The predicted octanol–water partition coefficient (Wildman–Crippen LogP) is 0.720. The molecule has 2 aliphatic rings. The van der Waals surface area contributed by atoms with Gasteiger partial charge in [0.25, 0.3) is 0 Å². The van der Waals surface area contributed by atoms with E-state index >= 15 is 0 Å². The first-order chi connectivity index (χ1) is 10.6. The third kappa shape index (κ3) is 3.17. The molecule has 1 saturated heterocycles. The molecule has 6 nitrogen and oxygen atoms in total. The van der Waals surface area contributed by atoms with Gasteiger partial charge in [0.05, 0.1) is 12.6 Å². The van der Waals surface area contributed by atoms with E-state index in [1.165, 1.54) is 12.8 Å². The van der Waals surface area contributed by atoms with E-state index < -0.39 is 0 Å². The van der Waals surface area contributed by atoms with Crippen LogP contribution in [0.4, 0.5) is 0 Å². The SMILES string of the molecule is CCN(CC(=O)N1CCN(C)[C@H](c2nccn2C)C1)C1CC1. The molecular formula is C16H27N5O. The highest BCUT2D eigenvalue weighted by atomic mass is 16.2. The smallest absolute Gasteiger partial charge is 0.236 e. The number of carbonyl (C=O) groups excluding carboxylic acids is 1. The van der Waals surface area contributed by atoms with Gasteiger partial charge in [-0.05, 0) is 26.4 Å². The van der Waals surface area contributed by atoms with Gasteiger partial charge >= 0.3 is 0 Å². The summed E-state index contributed by atoms with van der Waals surface area (Å²) in [4.78, 5) is 23.7. The highest BCUT2D eigenvalue weighted by Gasteiger charge is 2.33. The molecule has 6 heteroatoms. The molecule has 0 aromatic carbocycles. The third-order valence-corrected chi connectivity index (χ3v) is 4.97. The zero-order chi connectivity index (χ0) is 15.7. The average Bonchev–Trinajstić information content (AvgIpc) is 3.27. The predicted molar refractivity (Wildman–Crippen MR) is 85.4 cm³/mol. The Kier molecular flexibility index (Phi) is 4.49. The van der Waals surface area contributed by atoms with Crippen LogP contribution in [-0.2, 0) is 11.8 Å². The number of nitrogens with zero attached hydrogens (tertiary/aromatic N) is 5. The highest BCUT2D eigenvalue weighted by molar-refractivity contribution is 5.78. The van der Waals surface area contributed by atoms with Gasteiger partial charge in [0.1, 0.15) is 5.82 Å². The summed E-state index contributed by atoms with van der Waals surface area (Å²) in [6.07, 6.45) is 6.30. The fourth-order valence-electron chi connectivity index (χ4n) is 3.29. The first-order valence-corrected chi connectivity index (χ1v) is 8.29. The molecule has 1 saturated carbocycles. The molecule has 1 amide bonds. The quantitative estimate of drug-likeness (QED) is 0.804. The van der Waals surface area contributed by atoms with Crippen LogP contribution in [0.25, 0.3) is 0 Å². The second-order valence-electron chi connectivity index (χ2n) is 6.53. The lowest BCUT2D eigenvalue weighted by Crippen LogP contribution is -2.52. The molecule has 1 aliphatic heterocycles. The van der Waals surface area contributed by atoms with Crippen LogP contribution in [0.3, 0.4) is 0 Å². The van der Waals surface area contributed by atoms with Gasteiger partial charge in [0, 0.05) is 45.1 Å². The second-order valence-corrected chi connectivity index (χ2v) is 6.53. The van der Waals surface area contributed by atoms with Crippen molar-refractivity contribution in [3.63, 3.8) is 0 Å². The number of hydrogen-bond donors (Lipinski definition) is 0. The Morgan fingerprint density at radius 3 is 2.73 bits per heavy atom. The summed E-state index contributed by atoms with van der Waals surface area (Å²) in [7, 11) is 4.13. The Bertz CT molecular complexity index is 524. The van der Waals surface area contributed by atoms with Crippen LogP contribution in [0.15, 0.2) is 12.4 Å². The highest BCUT2D eigenvalue weighted by Crippen LogP contribution is 2.27. The van der Waals surface area contributed by atoms with Crippen LogP contribution in [-0.4, -0.2) is 76.0 Å². The largest absolute Gasteiger partial charge is 0.338 e. The van der Waals surface area contributed by atoms with Gasteiger partial charge in [0.15, 0.2) is 0 Å². The summed E-state index contributed by atoms with van der Waals surface area (Å²) in [5.74, 6) is 1.30. The number of amides is 1. The second kappa shape index (κ2) is 6.38. The number of aromatic nitrogens is 2. The molecule has 0 N–H and O–H groups in total. The molecule has 2 heterocycles. The molecule has 1 aromatic heterocycles. The fourth-order valence-corrected chi connectivity index (χ4v) is 3.29. The Hall–Kier alpha value is -1.40. The standard InChI is InChI=1S/C16H27N5O/c1-4-20(13-5-6-13)12-15(22)21-10-9-18(2)14(11-21)16-17-7-8-19(16)3/h7-8,13-14H,4-6,9-12H2,1-3H3/t14-/m0/s1. The molecule has 0 radical (unpaired) electrons. The van der Waals surface area contributed by atoms with E-state index in [0.717, 1.165) is 32.0 Å². The van der Waals surface area contributed by atoms with Crippen molar-refractivity contribution in [2.24, 2.45) is 7.05 Å². The van der Waals surface area contributed by atoms with Gasteiger partial charge in [0.2, 0.25) is 5.91 Å². The maximum atomic E-state index is 12.6. The van der Waals surface area contributed by atoms with Gasteiger partial charge in [-0.2, -0.15) is 0 Å². The zero-order valence-electron chi connectivity index (χ0n) is 13.9. The summed E-state index contributed by atoms with van der Waals surface area (Å²) in [5.41, 5.74) is 0. The van der Waals surface area contributed by atoms with Crippen molar-refractivity contribution in [2.45, 2.75) is 31.8 Å². The van der Waals surface area contributed by atoms with E-state index in [1.54, 1.807) is 0 Å². The normalized spacial score (nSPS) is 23.3. The fraction of sp³-hybridized carbons (Fsp3) is 0.750. The lowest BCUT2D eigenvalue weighted by molar-refractivity contribution is -0.135. The number of likely N-dealkylation sites (N-methyl/N-ethyl adjacent to an activating group) is 2. The van der Waals surface area contributed by atoms with Gasteiger partial charge in [-0.25, -0.2) is 4.98 Å². The molecule has 1 aromatic rings.